The average molecular weight is 369 g/mol. The molecule has 2 aromatic rings. The number of aromatic amines is 1. The minimum absolute atomic E-state index is 0.0000809. The summed E-state index contributed by atoms with van der Waals surface area (Å²) in [6, 6.07) is 2.89. The zero-order chi connectivity index (χ0) is 17.6. The lowest BCUT2D eigenvalue weighted by molar-refractivity contribution is 0.103. The topological polar surface area (TPSA) is 89.0 Å². The molecule has 3 rings (SSSR count). The highest BCUT2D eigenvalue weighted by Crippen LogP contribution is 2.39. The third-order valence-electron chi connectivity index (χ3n) is 4.41. The lowest BCUT2D eigenvalue weighted by atomic mass is 9.94. The average Bonchev–Trinajstić information content (AvgIpc) is 2.91. The first-order chi connectivity index (χ1) is 11.3. The van der Waals surface area contributed by atoms with Crippen LogP contribution in [0.2, 0.25) is 0 Å². The van der Waals surface area contributed by atoms with Gasteiger partial charge in [-0.2, -0.15) is 0 Å². The van der Waals surface area contributed by atoms with E-state index in [1.54, 1.807) is 13.8 Å². The lowest BCUT2D eigenvalue weighted by Gasteiger charge is -2.24. The number of sulfone groups is 1. The van der Waals surface area contributed by atoms with E-state index in [4.69, 9.17) is 11.6 Å². The van der Waals surface area contributed by atoms with Gasteiger partial charge in [-0.25, -0.2) is 8.42 Å². The van der Waals surface area contributed by atoms with Crippen molar-refractivity contribution in [1.29, 1.82) is 0 Å². The number of carbonyl (C=O) groups is 1. The van der Waals surface area contributed by atoms with Gasteiger partial charge in [-0.1, -0.05) is 0 Å². The molecule has 6 nitrogen and oxygen atoms in total. The molecule has 1 aliphatic rings. The van der Waals surface area contributed by atoms with Crippen molar-refractivity contribution in [3.8, 4) is 0 Å². The Bertz CT molecular complexity index is 988. The van der Waals surface area contributed by atoms with Crippen molar-refractivity contribution in [2.75, 3.05) is 5.75 Å². The summed E-state index contributed by atoms with van der Waals surface area (Å²) in [4.78, 5) is 25.1. The van der Waals surface area contributed by atoms with Gasteiger partial charge in [0.1, 0.15) is 5.56 Å². The number of carbonyl (C=O) groups excluding carboxylic acids is 1. The predicted molar refractivity (Wildman–Crippen MR) is 90.6 cm³/mol. The molecule has 8 heteroatoms. The first-order valence-electron chi connectivity index (χ1n) is 7.61. The van der Waals surface area contributed by atoms with Gasteiger partial charge in [0.2, 0.25) is 0 Å². The Morgan fingerprint density at radius 1 is 1.38 bits per heavy atom. The number of ketones is 1. The molecule has 0 spiro atoms. The molecule has 0 bridgehead atoms. The largest absolute Gasteiger partial charge is 0.302 e. The number of aryl methyl sites for hydroxylation is 1. The molecule has 1 aromatic carbocycles. The highest BCUT2D eigenvalue weighted by molar-refractivity contribution is 7.91. The summed E-state index contributed by atoms with van der Waals surface area (Å²) in [5.74, 6) is -0.435. The van der Waals surface area contributed by atoms with Crippen LogP contribution in [-0.2, 0) is 16.4 Å². The maximum atomic E-state index is 12.7. The van der Waals surface area contributed by atoms with E-state index >= 15 is 0 Å². The van der Waals surface area contributed by atoms with Gasteiger partial charge in [-0.3, -0.25) is 14.3 Å². The van der Waals surface area contributed by atoms with Crippen LogP contribution in [0.3, 0.4) is 0 Å². The number of rotatable bonds is 3. The number of hydrogen-bond acceptors (Lipinski definition) is 4. The molecule has 2 heterocycles. The second kappa shape index (κ2) is 5.89. The van der Waals surface area contributed by atoms with E-state index in [1.807, 2.05) is 0 Å². The van der Waals surface area contributed by atoms with Crippen molar-refractivity contribution in [2.45, 2.75) is 37.1 Å². The van der Waals surface area contributed by atoms with Gasteiger partial charge in [-0.05, 0) is 43.5 Å². The monoisotopic (exact) mass is 368 g/mol. The molecule has 0 saturated carbocycles. The summed E-state index contributed by atoms with van der Waals surface area (Å²) in [6.45, 7) is 3.89. The maximum absolute atomic E-state index is 12.7. The fourth-order valence-corrected chi connectivity index (χ4v) is 5.33. The van der Waals surface area contributed by atoms with E-state index < -0.39 is 26.6 Å². The number of hydrogen-bond donors (Lipinski definition) is 1. The standard InChI is InChI=1S/C16H17ClN2O4S/c1-3-19-16(21)11(8-18-19)15(20)10-4-5-13-14(9(10)2)12(17)6-7-24(13,22)23/h4-5,8,12,18H,3,6-7H2,1-2H3. The summed E-state index contributed by atoms with van der Waals surface area (Å²) in [7, 11) is -3.38. The molecule has 0 fully saturated rings. The van der Waals surface area contributed by atoms with E-state index in [-0.39, 0.29) is 16.2 Å². The van der Waals surface area contributed by atoms with Crippen LogP contribution in [0.5, 0.6) is 0 Å². The fourth-order valence-electron chi connectivity index (χ4n) is 3.07. The first kappa shape index (κ1) is 17.0. The lowest BCUT2D eigenvalue weighted by Crippen LogP contribution is -2.23. The summed E-state index contributed by atoms with van der Waals surface area (Å²) < 4.78 is 25.8. The van der Waals surface area contributed by atoms with Gasteiger partial charge in [0.25, 0.3) is 5.56 Å². The van der Waals surface area contributed by atoms with Crippen molar-refractivity contribution in [1.82, 2.24) is 9.78 Å². The van der Waals surface area contributed by atoms with Crippen molar-refractivity contribution < 1.29 is 13.2 Å². The van der Waals surface area contributed by atoms with E-state index in [1.165, 1.54) is 23.0 Å². The van der Waals surface area contributed by atoms with Gasteiger partial charge in [0.15, 0.2) is 15.6 Å². The Morgan fingerprint density at radius 3 is 2.71 bits per heavy atom. The number of nitrogens with one attached hydrogen (secondary N) is 1. The molecular formula is C16H17ClN2O4S. The number of nitrogens with zero attached hydrogens (tertiary/aromatic N) is 1. The van der Waals surface area contributed by atoms with Gasteiger partial charge in [-0.15, -0.1) is 11.6 Å². The van der Waals surface area contributed by atoms with Gasteiger partial charge < -0.3 is 5.10 Å². The molecule has 1 aromatic heterocycles. The minimum Gasteiger partial charge on any atom is -0.302 e. The van der Waals surface area contributed by atoms with Crippen LogP contribution in [0, 0.1) is 6.92 Å². The zero-order valence-electron chi connectivity index (χ0n) is 13.3. The molecular weight excluding hydrogens is 352 g/mol. The number of aromatic nitrogens is 2. The number of alkyl halides is 1. The summed E-state index contributed by atoms with van der Waals surface area (Å²) in [5.41, 5.74) is 0.930. The molecule has 0 amide bonds. The smallest absolute Gasteiger partial charge is 0.277 e. The van der Waals surface area contributed by atoms with Crippen molar-refractivity contribution in [3.63, 3.8) is 0 Å². The van der Waals surface area contributed by atoms with Crippen molar-refractivity contribution in [3.05, 3.63) is 50.9 Å². The minimum atomic E-state index is -3.38. The zero-order valence-corrected chi connectivity index (χ0v) is 14.9. The summed E-state index contributed by atoms with van der Waals surface area (Å²) >= 11 is 6.31. The Labute approximate surface area is 144 Å². The van der Waals surface area contributed by atoms with E-state index in [9.17, 15) is 18.0 Å². The van der Waals surface area contributed by atoms with E-state index in [0.29, 0.717) is 29.7 Å². The number of halogens is 1. The first-order valence-corrected chi connectivity index (χ1v) is 9.70. The molecule has 24 heavy (non-hydrogen) atoms. The van der Waals surface area contributed by atoms with Gasteiger partial charge in [0.05, 0.1) is 16.0 Å². The summed E-state index contributed by atoms with van der Waals surface area (Å²) in [5, 5.41) is 2.28. The van der Waals surface area contributed by atoms with Crippen LogP contribution in [-0.4, -0.2) is 29.7 Å². The second-order valence-corrected chi connectivity index (χ2v) is 8.40. The van der Waals surface area contributed by atoms with Crippen LogP contribution in [0.4, 0.5) is 0 Å². The van der Waals surface area contributed by atoms with Crippen LogP contribution in [0.15, 0.2) is 28.0 Å². The predicted octanol–water partition coefficient (Wildman–Crippen LogP) is 2.19. The molecule has 128 valence electrons. The third kappa shape index (κ3) is 2.52. The number of fused-ring (bicyclic) bond motifs is 1. The van der Waals surface area contributed by atoms with E-state index in [0.717, 1.165) is 0 Å². The Morgan fingerprint density at radius 2 is 2.08 bits per heavy atom. The number of H-pyrrole nitrogens is 1. The molecule has 1 aliphatic heterocycles. The van der Waals surface area contributed by atoms with Gasteiger partial charge in [0, 0.05) is 18.3 Å². The molecule has 1 N–H and O–H groups in total. The molecule has 0 saturated heterocycles. The van der Waals surface area contributed by atoms with Crippen molar-refractivity contribution >= 4 is 27.2 Å². The van der Waals surface area contributed by atoms with Crippen LogP contribution in [0.1, 0.15) is 45.8 Å². The highest BCUT2D eigenvalue weighted by atomic mass is 35.5. The van der Waals surface area contributed by atoms with E-state index in [2.05, 4.69) is 5.10 Å². The normalized spacial score (nSPS) is 19.0. The molecule has 1 atom stereocenters. The second-order valence-electron chi connectivity index (χ2n) is 5.79. The van der Waals surface area contributed by atoms with Crippen LogP contribution in [0.25, 0.3) is 0 Å². The maximum Gasteiger partial charge on any atom is 0.277 e. The molecule has 1 unspecified atom stereocenters. The van der Waals surface area contributed by atoms with Gasteiger partial charge >= 0.3 is 0 Å². The van der Waals surface area contributed by atoms with Crippen LogP contribution >= 0.6 is 11.6 Å². The molecule has 0 radical (unpaired) electrons. The third-order valence-corrected chi connectivity index (χ3v) is 6.64. The summed E-state index contributed by atoms with van der Waals surface area (Å²) in [6.07, 6.45) is 1.68. The SMILES string of the molecule is CCn1[nH]cc(C(=O)c2ccc3c(c2C)C(Cl)CCS3(=O)=O)c1=O. The quantitative estimate of drug-likeness (QED) is 0.664. The Balaban J connectivity index is 2.17. The molecule has 0 aliphatic carbocycles. The number of benzene rings is 1. The van der Waals surface area contributed by atoms with Crippen LogP contribution < -0.4 is 5.56 Å². The highest BCUT2D eigenvalue weighted by Gasteiger charge is 2.32. The Kier molecular flexibility index (Phi) is 4.17. The fraction of sp³-hybridized carbons (Fsp3) is 0.375. The Hall–Kier alpha value is -1.86. The van der Waals surface area contributed by atoms with Crippen molar-refractivity contribution in [2.24, 2.45) is 0 Å².